The van der Waals surface area contributed by atoms with Crippen LogP contribution in [0.25, 0.3) is 0 Å². The lowest BCUT2D eigenvalue weighted by Crippen LogP contribution is -2.43. The van der Waals surface area contributed by atoms with Gasteiger partial charge in [0.1, 0.15) is 0 Å². The van der Waals surface area contributed by atoms with Crippen molar-refractivity contribution in [1.29, 1.82) is 0 Å². The Morgan fingerprint density at radius 1 is 1.03 bits per heavy atom. The van der Waals surface area contributed by atoms with Gasteiger partial charge >= 0.3 is 0 Å². The lowest BCUT2D eigenvalue weighted by Gasteiger charge is -2.31. The fourth-order valence-corrected chi connectivity index (χ4v) is 5.73. The molecule has 2 aromatic carbocycles. The van der Waals surface area contributed by atoms with Gasteiger partial charge in [0, 0.05) is 24.6 Å². The predicted molar refractivity (Wildman–Crippen MR) is 129 cm³/mol. The third-order valence-corrected chi connectivity index (χ3v) is 8.08. The summed E-state index contributed by atoms with van der Waals surface area (Å²) in [5, 5.41) is 3.09. The summed E-state index contributed by atoms with van der Waals surface area (Å²) in [4.78, 5) is 24.6. The van der Waals surface area contributed by atoms with Crippen molar-refractivity contribution in [2.24, 2.45) is 11.8 Å². The molecule has 1 atom stereocenters. The molecule has 178 valence electrons. The highest BCUT2D eigenvalue weighted by molar-refractivity contribution is 7.89. The van der Waals surface area contributed by atoms with Crippen molar-refractivity contribution in [2.75, 3.05) is 13.1 Å². The van der Waals surface area contributed by atoms with Crippen LogP contribution in [0.5, 0.6) is 0 Å². The number of nitrogens with one attached hydrogen (secondary N) is 1. The van der Waals surface area contributed by atoms with Crippen molar-refractivity contribution >= 4 is 21.7 Å². The molecule has 2 aromatic rings. The molecular weight excluding hydrogens is 436 g/mol. The normalized spacial score (nSPS) is 16.5. The number of carbonyl (C=O) groups excluding carboxylic acids is 2. The van der Waals surface area contributed by atoms with E-state index in [1.54, 1.807) is 12.1 Å². The van der Waals surface area contributed by atoms with Crippen LogP contribution < -0.4 is 5.32 Å². The first-order valence-electron chi connectivity index (χ1n) is 11.6. The standard InChI is InChI=1S/C26H34N2O4S/c1-18(2)16-21-8-10-22(11-9-21)19(3)27-26(30)23-12-14-28(15-13-23)33(31,32)25-7-5-6-24(17-25)20(4)29/h5-11,17-19,23H,12-16H2,1-4H3,(H,27,30). The molecule has 7 heteroatoms. The zero-order chi connectivity index (χ0) is 24.2. The lowest BCUT2D eigenvalue weighted by molar-refractivity contribution is -0.126. The summed E-state index contributed by atoms with van der Waals surface area (Å²) in [6.07, 6.45) is 1.97. The Morgan fingerprint density at radius 2 is 1.67 bits per heavy atom. The van der Waals surface area contributed by atoms with Crippen LogP contribution in [0.1, 0.15) is 68.1 Å². The van der Waals surface area contributed by atoms with Gasteiger partial charge in [-0.05, 0) is 62.3 Å². The minimum Gasteiger partial charge on any atom is -0.349 e. The Hall–Kier alpha value is -2.51. The van der Waals surface area contributed by atoms with Crippen LogP contribution in [0.3, 0.4) is 0 Å². The first kappa shape index (κ1) is 25.1. The number of amides is 1. The van der Waals surface area contributed by atoms with Gasteiger partial charge in [0.25, 0.3) is 0 Å². The zero-order valence-electron chi connectivity index (χ0n) is 19.9. The molecule has 6 nitrogen and oxygen atoms in total. The number of sulfonamides is 1. The van der Waals surface area contributed by atoms with Crippen molar-refractivity contribution in [2.45, 2.75) is 57.9 Å². The van der Waals surface area contributed by atoms with Gasteiger partial charge in [0.15, 0.2) is 5.78 Å². The van der Waals surface area contributed by atoms with Crippen LogP contribution in [-0.4, -0.2) is 37.5 Å². The maximum absolute atomic E-state index is 13.0. The van der Waals surface area contributed by atoms with Crippen molar-refractivity contribution in [3.63, 3.8) is 0 Å². The van der Waals surface area contributed by atoms with Gasteiger partial charge in [-0.2, -0.15) is 4.31 Å². The number of piperidine rings is 1. The van der Waals surface area contributed by atoms with Crippen LogP contribution in [0, 0.1) is 11.8 Å². The Morgan fingerprint density at radius 3 is 2.24 bits per heavy atom. The van der Waals surface area contributed by atoms with Crippen molar-refractivity contribution in [1.82, 2.24) is 9.62 Å². The molecule has 1 amide bonds. The number of carbonyl (C=O) groups is 2. The molecule has 0 spiro atoms. The van der Waals surface area contributed by atoms with Gasteiger partial charge in [-0.1, -0.05) is 50.2 Å². The summed E-state index contributed by atoms with van der Waals surface area (Å²) in [7, 11) is -3.70. The molecule has 1 N–H and O–H groups in total. The van der Waals surface area contributed by atoms with Crippen LogP contribution in [0.15, 0.2) is 53.4 Å². The second-order valence-corrected chi connectivity index (χ2v) is 11.3. The molecule has 0 bridgehead atoms. The van der Waals surface area contributed by atoms with Gasteiger partial charge in [-0.3, -0.25) is 9.59 Å². The third kappa shape index (κ3) is 6.30. The molecule has 1 saturated heterocycles. The average molecular weight is 471 g/mol. The summed E-state index contributed by atoms with van der Waals surface area (Å²) in [5.41, 5.74) is 2.72. The quantitative estimate of drug-likeness (QED) is 0.581. The minimum atomic E-state index is -3.70. The summed E-state index contributed by atoms with van der Waals surface area (Å²) in [6, 6.07) is 14.4. The number of hydrogen-bond acceptors (Lipinski definition) is 4. The third-order valence-electron chi connectivity index (χ3n) is 6.19. The van der Waals surface area contributed by atoms with E-state index in [0.717, 1.165) is 12.0 Å². The van der Waals surface area contributed by atoms with Gasteiger partial charge in [-0.15, -0.1) is 0 Å². The SMILES string of the molecule is CC(=O)c1cccc(S(=O)(=O)N2CCC(C(=O)NC(C)c3ccc(CC(C)C)cc3)CC2)c1. The van der Waals surface area contributed by atoms with E-state index in [-0.39, 0.29) is 41.6 Å². The zero-order valence-corrected chi connectivity index (χ0v) is 20.7. The summed E-state index contributed by atoms with van der Waals surface area (Å²) < 4.78 is 27.4. The molecule has 0 aromatic heterocycles. The fourth-order valence-electron chi connectivity index (χ4n) is 4.21. The molecular formula is C26H34N2O4S. The Balaban J connectivity index is 1.57. The second-order valence-electron chi connectivity index (χ2n) is 9.33. The van der Waals surface area contributed by atoms with Crippen molar-refractivity contribution in [3.8, 4) is 0 Å². The lowest BCUT2D eigenvalue weighted by atomic mass is 9.96. The Kier molecular flexibility index (Phi) is 8.08. The van der Waals surface area contributed by atoms with Gasteiger partial charge < -0.3 is 5.32 Å². The number of nitrogens with zero attached hydrogens (tertiary/aromatic N) is 1. The Labute approximate surface area is 197 Å². The summed E-state index contributed by atoms with van der Waals surface area (Å²) in [6.45, 7) is 8.33. The number of Topliss-reactive ketones (excluding diaryl/α,β-unsaturated/α-hetero) is 1. The fraction of sp³-hybridized carbons (Fsp3) is 0.462. The van der Waals surface area contributed by atoms with Crippen molar-refractivity contribution < 1.29 is 18.0 Å². The number of ketones is 1. The smallest absolute Gasteiger partial charge is 0.243 e. The Bertz CT molecular complexity index is 1090. The maximum Gasteiger partial charge on any atom is 0.243 e. The number of benzene rings is 2. The minimum absolute atomic E-state index is 0.0376. The van der Waals surface area contributed by atoms with Crippen LogP contribution >= 0.6 is 0 Å². The molecule has 33 heavy (non-hydrogen) atoms. The highest BCUT2D eigenvalue weighted by Crippen LogP contribution is 2.25. The van der Waals surface area contributed by atoms with Crippen LogP contribution in [0.4, 0.5) is 0 Å². The van der Waals surface area contributed by atoms with E-state index in [2.05, 4.69) is 43.4 Å². The first-order chi connectivity index (χ1) is 15.6. The molecule has 1 heterocycles. The largest absolute Gasteiger partial charge is 0.349 e. The van der Waals surface area contributed by atoms with Gasteiger partial charge in [-0.25, -0.2) is 8.42 Å². The van der Waals surface area contributed by atoms with E-state index in [0.29, 0.717) is 24.3 Å². The summed E-state index contributed by atoms with van der Waals surface area (Å²) in [5.74, 6) is 0.166. The first-order valence-corrected chi connectivity index (χ1v) is 13.0. The summed E-state index contributed by atoms with van der Waals surface area (Å²) >= 11 is 0. The van der Waals surface area contributed by atoms with Gasteiger partial charge in [0.2, 0.25) is 15.9 Å². The molecule has 3 rings (SSSR count). The van der Waals surface area contributed by atoms with E-state index in [4.69, 9.17) is 0 Å². The van der Waals surface area contributed by atoms with Crippen LogP contribution in [0.2, 0.25) is 0 Å². The van der Waals surface area contributed by atoms with E-state index in [1.165, 1.54) is 28.9 Å². The van der Waals surface area contributed by atoms with E-state index < -0.39 is 10.0 Å². The highest BCUT2D eigenvalue weighted by Gasteiger charge is 2.32. The molecule has 1 aliphatic heterocycles. The topological polar surface area (TPSA) is 83.6 Å². The molecule has 1 fully saturated rings. The number of rotatable bonds is 8. The van der Waals surface area contributed by atoms with E-state index >= 15 is 0 Å². The average Bonchev–Trinajstić information content (AvgIpc) is 2.79. The van der Waals surface area contributed by atoms with E-state index in [9.17, 15) is 18.0 Å². The highest BCUT2D eigenvalue weighted by atomic mass is 32.2. The number of hydrogen-bond donors (Lipinski definition) is 1. The molecule has 1 unspecified atom stereocenters. The maximum atomic E-state index is 13.0. The van der Waals surface area contributed by atoms with E-state index in [1.807, 2.05) is 6.92 Å². The predicted octanol–water partition coefficient (Wildman–Crippen LogP) is 4.37. The van der Waals surface area contributed by atoms with Gasteiger partial charge in [0.05, 0.1) is 10.9 Å². The molecule has 1 aliphatic rings. The molecule has 0 saturated carbocycles. The molecule has 0 aliphatic carbocycles. The second kappa shape index (κ2) is 10.6. The van der Waals surface area contributed by atoms with Crippen LogP contribution in [-0.2, 0) is 21.2 Å². The molecule has 0 radical (unpaired) electrons. The monoisotopic (exact) mass is 470 g/mol. The van der Waals surface area contributed by atoms with Crippen molar-refractivity contribution in [3.05, 3.63) is 65.2 Å².